The number of H-pyrrole nitrogens is 1. The van der Waals surface area contributed by atoms with Crippen LogP contribution in [0.1, 0.15) is 138 Å². The zero-order valence-electron chi connectivity index (χ0n) is 37.8. The van der Waals surface area contributed by atoms with E-state index in [0.29, 0.717) is 28.3 Å². The van der Waals surface area contributed by atoms with Crippen molar-refractivity contribution in [3.05, 3.63) is 90.1 Å². The number of methoxy groups -OCH3 is 1. The number of carbonyl (C=O) groups is 2. The van der Waals surface area contributed by atoms with Crippen molar-refractivity contribution in [1.82, 2.24) is 20.3 Å². The summed E-state index contributed by atoms with van der Waals surface area (Å²) >= 11 is 0. The van der Waals surface area contributed by atoms with Gasteiger partial charge in [-0.05, 0) is 94.4 Å². The Morgan fingerprint density at radius 2 is 1.70 bits per heavy atom. The van der Waals surface area contributed by atoms with E-state index in [1.165, 1.54) is 38.4 Å². The Morgan fingerprint density at radius 3 is 2.38 bits per heavy atom. The number of aliphatic hydroxyl groups excluding tert-OH is 1. The van der Waals surface area contributed by atoms with Crippen LogP contribution in [0.25, 0.3) is 35.6 Å². The molecule has 6 rings (SSSR count). The summed E-state index contributed by atoms with van der Waals surface area (Å²) in [6.45, 7) is 23.8. The second-order valence-electron chi connectivity index (χ2n) is 17.7. The number of nitrogens with one attached hydrogen (secondary N) is 2. The van der Waals surface area contributed by atoms with E-state index < -0.39 is 17.9 Å². The molecule has 3 N–H and O–H groups in total. The molecule has 5 heterocycles. The van der Waals surface area contributed by atoms with Crippen molar-refractivity contribution in [2.45, 2.75) is 126 Å². The molecule has 3 aliphatic rings. The van der Waals surface area contributed by atoms with Crippen LogP contribution in [-0.2, 0) is 25.5 Å². The summed E-state index contributed by atoms with van der Waals surface area (Å²) in [5, 5.41) is 18.5. The summed E-state index contributed by atoms with van der Waals surface area (Å²) in [5.41, 5.74) is 10.5. The summed E-state index contributed by atoms with van der Waals surface area (Å²) in [4.78, 5) is 40.9. The first-order valence-corrected chi connectivity index (χ1v) is 21.9. The quantitative estimate of drug-likeness (QED) is 0.0857. The van der Waals surface area contributed by atoms with Crippen LogP contribution < -0.4 is 36.6 Å². The summed E-state index contributed by atoms with van der Waals surface area (Å²) in [6, 6.07) is -0.432. The van der Waals surface area contributed by atoms with Crippen LogP contribution in [0, 0.1) is 50.4 Å². The number of aliphatic hydroxyl groups is 1. The number of allylic oxidation sites excluding steroid dienone is 2. The van der Waals surface area contributed by atoms with Crippen LogP contribution in [0.5, 0.6) is 0 Å². The molecule has 0 saturated carbocycles. The third-order valence-electron chi connectivity index (χ3n) is 13.3. The van der Waals surface area contributed by atoms with Gasteiger partial charge in [-0.2, -0.15) is 0 Å². The fraction of sp³-hybridized carbons (Fsp3) is 0.520. The van der Waals surface area contributed by atoms with Gasteiger partial charge in [0.05, 0.1) is 13.2 Å². The van der Waals surface area contributed by atoms with Gasteiger partial charge in [-0.25, -0.2) is 0 Å². The molecule has 0 aromatic carbocycles. The summed E-state index contributed by atoms with van der Waals surface area (Å²) < 4.78 is 11.1. The first-order valence-electron chi connectivity index (χ1n) is 21.9. The predicted molar refractivity (Wildman–Crippen MR) is 244 cm³/mol. The molecule has 3 aromatic rings. The first-order chi connectivity index (χ1) is 28.2. The van der Waals surface area contributed by atoms with E-state index >= 15 is 0 Å². The van der Waals surface area contributed by atoms with Gasteiger partial charge in [0.25, 0.3) is 0 Å². The minimum Gasteiger partial charge on any atom is -0.657 e. The number of esters is 2. The SMILES string of the molecule is C=Cc1c2[nH]c(c1C)/C=C1\NC(C3=c4[n-]c(c(C)c4=C(O)[C@@H]3C(=O)OC)/C=c3\[n-]/c(c(C)c3CC)=C\2)[C@@H](CCC(=O)OC/C=C(\C)CCC[C@H](C)CCCC(C)C)[C@@H]1C.[Mg+2]. The topological polar surface area (TPSA) is 129 Å². The summed E-state index contributed by atoms with van der Waals surface area (Å²) in [5.74, 6) is -0.593. The summed E-state index contributed by atoms with van der Waals surface area (Å²) in [6.07, 6.45) is 18.9. The molecule has 60 heavy (non-hydrogen) atoms. The van der Waals surface area contributed by atoms with Gasteiger partial charge in [-0.3, -0.25) is 9.59 Å². The van der Waals surface area contributed by atoms with Gasteiger partial charge < -0.3 is 34.8 Å². The van der Waals surface area contributed by atoms with Crippen LogP contribution in [0.2, 0.25) is 0 Å². The van der Waals surface area contributed by atoms with Gasteiger partial charge in [-0.1, -0.05) is 107 Å². The van der Waals surface area contributed by atoms with Gasteiger partial charge in [0.1, 0.15) is 18.3 Å². The second-order valence-corrected chi connectivity index (χ2v) is 17.7. The molecule has 1 fully saturated rings. The van der Waals surface area contributed by atoms with E-state index in [4.69, 9.17) is 19.4 Å². The number of ether oxygens (including phenoxy) is 2. The average Bonchev–Trinajstić information content (AvgIpc) is 3.94. The van der Waals surface area contributed by atoms with Crippen molar-refractivity contribution < 1.29 is 24.2 Å². The fourth-order valence-corrected chi connectivity index (χ4v) is 9.59. The first kappa shape index (κ1) is 46.9. The molecule has 2 aliphatic heterocycles. The Labute approximate surface area is 372 Å². The number of aromatic nitrogens is 3. The van der Waals surface area contributed by atoms with Gasteiger partial charge >= 0.3 is 35.0 Å². The smallest absolute Gasteiger partial charge is 0.657 e. The largest absolute Gasteiger partial charge is 2.00 e. The number of fused-ring (bicyclic) bond motifs is 8. The molecular weight excluding hydrogens is 761 g/mol. The van der Waals surface area contributed by atoms with Crippen molar-refractivity contribution in [3.8, 4) is 0 Å². The van der Waals surface area contributed by atoms with Gasteiger partial charge in [0.15, 0.2) is 0 Å². The molecule has 318 valence electrons. The number of nitrogens with zero attached hydrogens (tertiary/aromatic N) is 2. The Morgan fingerprint density at radius 1 is 0.967 bits per heavy atom. The monoisotopic (exact) mass is 826 g/mol. The zero-order valence-corrected chi connectivity index (χ0v) is 39.2. The minimum absolute atomic E-state index is 0. The number of aromatic amines is 1. The molecule has 0 amide bonds. The van der Waals surface area contributed by atoms with E-state index in [1.54, 1.807) is 0 Å². The Bertz CT molecular complexity index is 2410. The van der Waals surface area contributed by atoms with Crippen LogP contribution in [-0.4, -0.2) is 64.8 Å². The molecule has 1 unspecified atom stereocenters. The molecule has 0 spiro atoms. The van der Waals surface area contributed by atoms with E-state index in [-0.39, 0.29) is 59.6 Å². The Kier molecular flexibility index (Phi) is 15.7. The third-order valence-corrected chi connectivity index (χ3v) is 13.3. The molecule has 1 saturated heterocycles. The summed E-state index contributed by atoms with van der Waals surface area (Å²) in [7, 11) is 1.34. The molecule has 5 atom stereocenters. The van der Waals surface area contributed by atoms with Crippen LogP contribution >= 0.6 is 0 Å². The molecule has 0 radical (unpaired) electrons. The van der Waals surface area contributed by atoms with Crippen molar-refractivity contribution in [2.24, 2.45) is 29.6 Å². The number of hydrogen-bond donors (Lipinski definition) is 3. The molecular formula is C50H66MgN4O5. The van der Waals surface area contributed by atoms with Crippen LogP contribution in [0.3, 0.4) is 0 Å². The maximum atomic E-state index is 13.6. The van der Waals surface area contributed by atoms with Crippen LogP contribution in [0.4, 0.5) is 0 Å². The average molecular weight is 827 g/mol. The molecule has 1 aliphatic carbocycles. The van der Waals surface area contributed by atoms with Crippen molar-refractivity contribution in [1.29, 1.82) is 0 Å². The van der Waals surface area contributed by atoms with Crippen molar-refractivity contribution in [2.75, 3.05) is 13.7 Å². The van der Waals surface area contributed by atoms with E-state index in [9.17, 15) is 14.7 Å². The standard InChI is InChI=1S/C50H66N4O5.Mg/c1-12-34-30(7)37-24-39-32(9)36(20-21-43(55)59-23-22-29(6)19-15-18-28(5)17-14-16-27(3)4)47(53-39)45-46(50(57)58-11)49(56)44-33(10)40(54-48(44)45)26-42-35(13-2)31(8)38(52-42)25-41(34)51-37;/h12,22,24-28,32,36,46-47,51,53,56H,1,13-21,23H2,2-11H3;/q-2;+2/b29-22+,38-25-,39-24-,42-26-;/t28-,32+,36+,46-,47?;/m1./s1. The fourth-order valence-electron chi connectivity index (χ4n) is 9.59. The normalized spacial score (nSPS) is 21.9. The predicted octanol–water partition coefficient (Wildman–Crippen LogP) is 6.44. The Balaban J connectivity index is 0.00000683. The van der Waals surface area contributed by atoms with Crippen molar-refractivity contribution in [3.63, 3.8) is 0 Å². The maximum absolute atomic E-state index is 13.6. The Hall–Kier alpha value is -4.15. The van der Waals surface area contributed by atoms with E-state index in [1.807, 2.05) is 25.2 Å². The van der Waals surface area contributed by atoms with Gasteiger partial charge in [0, 0.05) is 40.2 Å². The maximum Gasteiger partial charge on any atom is 2.00 e. The minimum atomic E-state index is -1.03. The van der Waals surface area contributed by atoms with Crippen molar-refractivity contribution >= 4 is 70.6 Å². The number of carbonyl (C=O) groups excluding carboxylic acids is 2. The van der Waals surface area contributed by atoms with Gasteiger partial charge in [0.2, 0.25) is 0 Å². The third kappa shape index (κ3) is 9.65. The zero-order chi connectivity index (χ0) is 42.7. The molecule has 3 aromatic heterocycles. The van der Waals surface area contributed by atoms with E-state index in [2.05, 4.69) is 84.4 Å². The number of rotatable bonds is 16. The van der Waals surface area contributed by atoms with E-state index in [0.717, 1.165) is 86.7 Å². The van der Waals surface area contributed by atoms with Gasteiger partial charge in [-0.15, -0.1) is 21.7 Å². The molecule has 8 bridgehead atoms. The number of hydrogen-bond acceptors (Lipinski definition) is 6. The second kappa shape index (κ2) is 20.1. The molecule has 10 heteroatoms. The van der Waals surface area contributed by atoms with Crippen LogP contribution in [0.15, 0.2) is 23.9 Å². The molecule has 9 nitrogen and oxygen atoms in total.